The fourth-order valence-electron chi connectivity index (χ4n) is 3.17. The first-order chi connectivity index (χ1) is 13.4. The van der Waals surface area contributed by atoms with Crippen LogP contribution in [0.5, 0.6) is 5.75 Å². The molecule has 28 heavy (non-hydrogen) atoms. The Morgan fingerprint density at radius 2 is 2.00 bits per heavy atom. The van der Waals surface area contributed by atoms with Crippen LogP contribution in [0, 0.1) is 5.82 Å². The molecule has 2 amide bonds. The second-order valence-electron chi connectivity index (χ2n) is 6.34. The van der Waals surface area contributed by atoms with E-state index in [4.69, 9.17) is 4.74 Å². The van der Waals surface area contributed by atoms with E-state index in [1.165, 1.54) is 24.1 Å². The molecule has 1 aliphatic heterocycles. The average Bonchev–Trinajstić information content (AvgIpc) is 2.68. The summed E-state index contributed by atoms with van der Waals surface area (Å²) in [5, 5.41) is 11.8. The smallest absolute Gasteiger partial charge is 0.330 e. The quantitative estimate of drug-likeness (QED) is 0.792. The normalized spacial score (nSPS) is 14.2. The molecule has 2 aromatic carbocycles. The highest BCUT2D eigenvalue weighted by atomic mass is 19.1. The van der Waals surface area contributed by atoms with Crippen molar-refractivity contribution in [2.75, 3.05) is 18.6 Å². The Hall–Kier alpha value is -3.42. The van der Waals surface area contributed by atoms with Gasteiger partial charge in [-0.25, -0.2) is 9.18 Å². The maximum atomic E-state index is 13.9. The highest BCUT2D eigenvalue weighted by Crippen LogP contribution is 2.27. The number of nitrogens with one attached hydrogen (secondary N) is 1. The molecule has 7 nitrogen and oxygen atoms in total. The van der Waals surface area contributed by atoms with E-state index < -0.39 is 23.7 Å². The van der Waals surface area contributed by atoms with Crippen LogP contribution < -0.4 is 15.0 Å². The summed E-state index contributed by atoms with van der Waals surface area (Å²) in [6.45, 7) is -0.321. The molecule has 0 aromatic heterocycles. The number of halogens is 1. The van der Waals surface area contributed by atoms with Crippen LogP contribution in [0.25, 0.3) is 0 Å². The van der Waals surface area contributed by atoms with E-state index in [-0.39, 0.29) is 30.2 Å². The zero-order valence-electron chi connectivity index (χ0n) is 15.1. The molecule has 0 radical (unpaired) electrons. The average molecular weight is 386 g/mol. The summed E-state index contributed by atoms with van der Waals surface area (Å²) >= 11 is 0. The third kappa shape index (κ3) is 3.95. The third-order valence-electron chi connectivity index (χ3n) is 4.55. The highest BCUT2D eigenvalue weighted by Gasteiger charge is 2.28. The first-order valence-corrected chi connectivity index (χ1v) is 8.64. The fraction of sp³-hybridized carbons (Fsp3) is 0.250. The molecule has 1 atom stereocenters. The number of amides is 2. The summed E-state index contributed by atoms with van der Waals surface area (Å²) in [5.74, 6) is -2.98. The summed E-state index contributed by atoms with van der Waals surface area (Å²) < 4.78 is 18.7. The minimum Gasteiger partial charge on any atom is -0.494 e. The number of para-hydroxylation sites is 1. The molecule has 1 aliphatic rings. The number of anilines is 1. The van der Waals surface area contributed by atoms with Gasteiger partial charge in [0.05, 0.1) is 7.11 Å². The van der Waals surface area contributed by atoms with Crippen molar-refractivity contribution in [1.29, 1.82) is 0 Å². The van der Waals surface area contributed by atoms with Crippen LogP contribution in [0.2, 0.25) is 0 Å². The van der Waals surface area contributed by atoms with Crippen molar-refractivity contribution in [1.82, 2.24) is 5.32 Å². The standard InChI is InChI=1S/C20H19FN2O5/c1-28-16-8-6-13(10-14(16)21)19(20(26)27)22-17(24)11-23-15-5-3-2-4-12(15)7-9-18(23)25/h2-6,8,10,19H,7,9,11H2,1H3,(H,22,24)(H,26,27). The van der Waals surface area contributed by atoms with Gasteiger partial charge in [-0.1, -0.05) is 24.3 Å². The number of carbonyl (C=O) groups is 3. The van der Waals surface area contributed by atoms with Gasteiger partial charge in [-0.05, 0) is 35.7 Å². The number of aryl methyl sites for hydroxylation is 1. The van der Waals surface area contributed by atoms with E-state index in [0.717, 1.165) is 11.6 Å². The minimum atomic E-state index is -1.46. The number of carboxylic acid groups (broad SMARTS) is 1. The SMILES string of the molecule is COc1ccc(C(NC(=O)CN2C(=O)CCc3ccccc32)C(=O)O)cc1F. The van der Waals surface area contributed by atoms with Crippen LogP contribution in [0.15, 0.2) is 42.5 Å². The van der Waals surface area contributed by atoms with E-state index in [1.54, 1.807) is 12.1 Å². The van der Waals surface area contributed by atoms with Crippen molar-refractivity contribution in [2.45, 2.75) is 18.9 Å². The van der Waals surface area contributed by atoms with Crippen molar-refractivity contribution in [3.05, 3.63) is 59.4 Å². The number of aliphatic carboxylic acids is 1. The Balaban J connectivity index is 1.78. The number of hydrogen-bond acceptors (Lipinski definition) is 4. The molecule has 0 saturated carbocycles. The van der Waals surface area contributed by atoms with Gasteiger partial charge in [-0.2, -0.15) is 0 Å². The van der Waals surface area contributed by atoms with E-state index in [9.17, 15) is 23.9 Å². The number of hydrogen-bond donors (Lipinski definition) is 2. The lowest BCUT2D eigenvalue weighted by Crippen LogP contribution is -2.45. The molecule has 0 bridgehead atoms. The number of carboxylic acids is 1. The lowest BCUT2D eigenvalue weighted by Gasteiger charge is -2.29. The monoisotopic (exact) mass is 386 g/mol. The maximum Gasteiger partial charge on any atom is 0.330 e. The van der Waals surface area contributed by atoms with Gasteiger partial charge >= 0.3 is 5.97 Å². The second kappa shape index (κ2) is 8.08. The van der Waals surface area contributed by atoms with E-state index >= 15 is 0 Å². The Kier molecular flexibility index (Phi) is 5.58. The van der Waals surface area contributed by atoms with Crippen molar-refractivity contribution in [3.63, 3.8) is 0 Å². The van der Waals surface area contributed by atoms with Crippen LogP contribution in [0.4, 0.5) is 10.1 Å². The maximum absolute atomic E-state index is 13.9. The van der Waals surface area contributed by atoms with Gasteiger partial charge in [-0.15, -0.1) is 0 Å². The molecule has 1 heterocycles. The summed E-state index contributed by atoms with van der Waals surface area (Å²) in [5.41, 5.74) is 1.64. The molecule has 2 aromatic rings. The number of benzene rings is 2. The molecule has 3 rings (SSSR count). The Bertz CT molecular complexity index is 931. The molecule has 8 heteroatoms. The first-order valence-electron chi connectivity index (χ1n) is 8.64. The molecule has 0 aliphatic carbocycles. The Labute approximate surface area is 160 Å². The molecule has 0 fully saturated rings. The molecular weight excluding hydrogens is 367 g/mol. The van der Waals surface area contributed by atoms with Gasteiger partial charge in [0.25, 0.3) is 0 Å². The summed E-state index contributed by atoms with van der Waals surface area (Å²) in [6, 6.07) is 9.44. The number of carbonyl (C=O) groups excluding carboxylic acids is 2. The lowest BCUT2D eigenvalue weighted by atomic mass is 10.0. The number of ether oxygens (including phenoxy) is 1. The zero-order valence-corrected chi connectivity index (χ0v) is 15.1. The molecule has 146 valence electrons. The van der Waals surface area contributed by atoms with Crippen LogP contribution in [-0.4, -0.2) is 36.5 Å². The van der Waals surface area contributed by atoms with Gasteiger partial charge in [0, 0.05) is 12.1 Å². The van der Waals surface area contributed by atoms with E-state index in [1.807, 2.05) is 12.1 Å². The van der Waals surface area contributed by atoms with Gasteiger partial charge < -0.3 is 20.1 Å². The molecular formula is C20H19FN2O5. The van der Waals surface area contributed by atoms with E-state index in [0.29, 0.717) is 12.1 Å². The van der Waals surface area contributed by atoms with Crippen LogP contribution in [-0.2, 0) is 20.8 Å². The van der Waals surface area contributed by atoms with Gasteiger partial charge in [-0.3, -0.25) is 9.59 Å². The van der Waals surface area contributed by atoms with Crippen LogP contribution in [0.1, 0.15) is 23.6 Å². The first kappa shape index (κ1) is 19.3. The number of nitrogens with zero attached hydrogens (tertiary/aromatic N) is 1. The van der Waals surface area contributed by atoms with E-state index in [2.05, 4.69) is 5.32 Å². The van der Waals surface area contributed by atoms with Gasteiger partial charge in [0.15, 0.2) is 17.6 Å². The molecule has 2 N–H and O–H groups in total. The fourth-order valence-corrected chi connectivity index (χ4v) is 3.17. The minimum absolute atomic E-state index is 0.0327. The third-order valence-corrected chi connectivity index (χ3v) is 4.55. The van der Waals surface area contributed by atoms with Crippen LogP contribution in [0.3, 0.4) is 0 Å². The van der Waals surface area contributed by atoms with Crippen molar-refractivity contribution >= 4 is 23.5 Å². The number of rotatable bonds is 6. The van der Waals surface area contributed by atoms with Crippen molar-refractivity contribution in [2.24, 2.45) is 0 Å². The Morgan fingerprint density at radius 1 is 1.25 bits per heavy atom. The lowest BCUT2D eigenvalue weighted by molar-refractivity contribution is -0.141. The highest BCUT2D eigenvalue weighted by molar-refractivity contribution is 6.01. The topological polar surface area (TPSA) is 95.9 Å². The predicted octanol–water partition coefficient (Wildman–Crippen LogP) is 2.06. The van der Waals surface area contributed by atoms with Gasteiger partial charge in [0.1, 0.15) is 6.54 Å². The predicted molar refractivity (Wildman–Crippen MR) is 98.6 cm³/mol. The molecule has 0 saturated heterocycles. The summed E-state index contributed by atoms with van der Waals surface area (Å²) in [4.78, 5) is 37.7. The molecule has 0 spiro atoms. The number of fused-ring (bicyclic) bond motifs is 1. The van der Waals surface area contributed by atoms with Gasteiger partial charge in [0.2, 0.25) is 11.8 Å². The summed E-state index contributed by atoms with van der Waals surface area (Å²) in [6.07, 6.45) is 0.867. The zero-order chi connectivity index (χ0) is 20.3. The summed E-state index contributed by atoms with van der Waals surface area (Å²) in [7, 11) is 1.29. The van der Waals surface area contributed by atoms with Crippen LogP contribution >= 0.6 is 0 Å². The molecule has 1 unspecified atom stereocenters. The largest absolute Gasteiger partial charge is 0.494 e. The second-order valence-corrected chi connectivity index (χ2v) is 6.34. The number of methoxy groups -OCH3 is 1. The van der Waals surface area contributed by atoms with Crippen molar-refractivity contribution < 1.29 is 28.6 Å². The Morgan fingerprint density at radius 3 is 2.68 bits per heavy atom. The van der Waals surface area contributed by atoms with Crippen molar-refractivity contribution in [3.8, 4) is 5.75 Å².